The van der Waals surface area contributed by atoms with Crippen LogP contribution in [0, 0.1) is 11.8 Å². The molecule has 104 valence electrons. The molecule has 19 heavy (non-hydrogen) atoms. The van der Waals surface area contributed by atoms with Gasteiger partial charge in [-0.15, -0.1) is 0 Å². The SMILES string of the molecule is O=C(O)C1CCCC1CNCc1c(O)cccc1Cl. The Kier molecular flexibility index (Phi) is 4.66. The summed E-state index contributed by atoms with van der Waals surface area (Å²) in [6.45, 7) is 1.09. The Morgan fingerprint density at radius 3 is 2.89 bits per heavy atom. The highest BCUT2D eigenvalue weighted by atomic mass is 35.5. The van der Waals surface area contributed by atoms with E-state index in [0.717, 1.165) is 19.3 Å². The number of carboxylic acid groups (broad SMARTS) is 1. The summed E-state index contributed by atoms with van der Waals surface area (Å²) < 4.78 is 0. The van der Waals surface area contributed by atoms with Crippen molar-refractivity contribution in [2.24, 2.45) is 11.8 Å². The lowest BCUT2D eigenvalue weighted by Crippen LogP contribution is -2.28. The van der Waals surface area contributed by atoms with E-state index >= 15 is 0 Å². The average Bonchev–Trinajstić information content (AvgIpc) is 2.81. The second-order valence-corrected chi connectivity index (χ2v) is 5.41. The maximum atomic E-state index is 11.1. The molecular weight excluding hydrogens is 266 g/mol. The minimum absolute atomic E-state index is 0.168. The van der Waals surface area contributed by atoms with E-state index in [1.54, 1.807) is 18.2 Å². The fraction of sp³-hybridized carbons (Fsp3) is 0.500. The van der Waals surface area contributed by atoms with E-state index in [-0.39, 0.29) is 17.6 Å². The zero-order valence-electron chi connectivity index (χ0n) is 10.6. The summed E-state index contributed by atoms with van der Waals surface area (Å²) in [5.41, 5.74) is 0.661. The Morgan fingerprint density at radius 2 is 2.21 bits per heavy atom. The van der Waals surface area contributed by atoms with Gasteiger partial charge in [0.15, 0.2) is 0 Å². The molecule has 1 saturated carbocycles. The number of halogens is 1. The van der Waals surface area contributed by atoms with Gasteiger partial charge in [0.05, 0.1) is 5.92 Å². The first-order valence-electron chi connectivity index (χ1n) is 6.49. The fourth-order valence-corrected chi connectivity index (χ4v) is 2.95. The summed E-state index contributed by atoms with van der Waals surface area (Å²) in [6, 6.07) is 5.02. The van der Waals surface area contributed by atoms with Crippen molar-refractivity contribution < 1.29 is 15.0 Å². The molecule has 0 heterocycles. The zero-order valence-corrected chi connectivity index (χ0v) is 11.4. The van der Waals surface area contributed by atoms with Crippen molar-refractivity contribution in [3.8, 4) is 5.75 Å². The molecule has 0 aromatic heterocycles. The molecule has 0 amide bonds. The standard InChI is InChI=1S/C14H18ClNO3/c15-12-5-2-6-13(17)11(12)8-16-7-9-3-1-4-10(9)14(18)19/h2,5-6,9-10,16-17H,1,3-4,7-8H2,(H,18,19). The number of rotatable bonds is 5. The van der Waals surface area contributed by atoms with Crippen LogP contribution in [0.2, 0.25) is 5.02 Å². The van der Waals surface area contributed by atoms with Gasteiger partial charge in [0.1, 0.15) is 5.75 Å². The van der Waals surface area contributed by atoms with Crippen molar-refractivity contribution in [1.29, 1.82) is 0 Å². The predicted molar refractivity (Wildman–Crippen MR) is 73.3 cm³/mol. The Balaban J connectivity index is 1.88. The lowest BCUT2D eigenvalue weighted by Gasteiger charge is -2.17. The van der Waals surface area contributed by atoms with E-state index < -0.39 is 5.97 Å². The smallest absolute Gasteiger partial charge is 0.306 e. The molecule has 1 aliphatic carbocycles. The van der Waals surface area contributed by atoms with E-state index in [2.05, 4.69) is 5.32 Å². The van der Waals surface area contributed by atoms with Crippen LogP contribution in [0.4, 0.5) is 0 Å². The largest absolute Gasteiger partial charge is 0.508 e. The summed E-state index contributed by atoms with van der Waals surface area (Å²) in [7, 11) is 0. The number of hydrogen-bond acceptors (Lipinski definition) is 3. The number of carboxylic acids is 1. The van der Waals surface area contributed by atoms with Crippen LogP contribution in [0.25, 0.3) is 0 Å². The van der Waals surface area contributed by atoms with Crippen molar-refractivity contribution >= 4 is 17.6 Å². The summed E-state index contributed by atoms with van der Waals surface area (Å²) in [5.74, 6) is -0.611. The summed E-state index contributed by atoms with van der Waals surface area (Å²) in [4.78, 5) is 11.1. The Morgan fingerprint density at radius 1 is 1.42 bits per heavy atom. The van der Waals surface area contributed by atoms with E-state index in [0.29, 0.717) is 23.7 Å². The van der Waals surface area contributed by atoms with Gasteiger partial charge in [-0.05, 0) is 37.4 Å². The zero-order chi connectivity index (χ0) is 13.8. The van der Waals surface area contributed by atoms with Crippen molar-refractivity contribution in [2.75, 3.05) is 6.54 Å². The fourth-order valence-electron chi connectivity index (χ4n) is 2.71. The Bertz CT molecular complexity index is 444. The third kappa shape index (κ3) is 3.39. The van der Waals surface area contributed by atoms with Gasteiger partial charge in [-0.3, -0.25) is 4.79 Å². The molecule has 2 unspecified atom stereocenters. The molecule has 5 heteroatoms. The van der Waals surface area contributed by atoms with Crippen LogP contribution < -0.4 is 5.32 Å². The van der Waals surface area contributed by atoms with Crippen LogP contribution in [0.1, 0.15) is 24.8 Å². The van der Waals surface area contributed by atoms with Crippen LogP contribution in [0.15, 0.2) is 18.2 Å². The minimum atomic E-state index is -0.704. The first-order valence-corrected chi connectivity index (χ1v) is 6.87. The van der Waals surface area contributed by atoms with Crippen molar-refractivity contribution in [2.45, 2.75) is 25.8 Å². The van der Waals surface area contributed by atoms with E-state index in [4.69, 9.17) is 16.7 Å². The minimum Gasteiger partial charge on any atom is -0.508 e. The van der Waals surface area contributed by atoms with E-state index in [1.807, 2.05) is 0 Å². The lowest BCUT2D eigenvalue weighted by atomic mass is 9.96. The van der Waals surface area contributed by atoms with Crippen LogP contribution in [-0.2, 0) is 11.3 Å². The molecule has 1 aromatic rings. The lowest BCUT2D eigenvalue weighted by molar-refractivity contribution is -0.142. The normalized spacial score (nSPS) is 22.6. The van der Waals surface area contributed by atoms with Gasteiger partial charge in [0, 0.05) is 17.1 Å². The number of aliphatic carboxylic acids is 1. The number of aromatic hydroxyl groups is 1. The molecule has 3 N–H and O–H groups in total. The number of nitrogens with one attached hydrogen (secondary N) is 1. The van der Waals surface area contributed by atoms with Crippen molar-refractivity contribution in [3.05, 3.63) is 28.8 Å². The van der Waals surface area contributed by atoms with Gasteiger partial charge >= 0.3 is 5.97 Å². The van der Waals surface area contributed by atoms with Gasteiger partial charge in [-0.1, -0.05) is 24.1 Å². The van der Waals surface area contributed by atoms with Crippen LogP contribution in [-0.4, -0.2) is 22.7 Å². The van der Waals surface area contributed by atoms with E-state index in [9.17, 15) is 9.90 Å². The molecule has 0 bridgehead atoms. The summed E-state index contributed by atoms with van der Waals surface area (Å²) >= 11 is 6.01. The summed E-state index contributed by atoms with van der Waals surface area (Å²) in [5, 5.41) is 22.5. The maximum absolute atomic E-state index is 11.1. The molecule has 0 saturated heterocycles. The van der Waals surface area contributed by atoms with Gasteiger partial charge in [-0.2, -0.15) is 0 Å². The molecule has 1 fully saturated rings. The Labute approximate surface area is 117 Å². The van der Waals surface area contributed by atoms with Gasteiger partial charge < -0.3 is 15.5 Å². The van der Waals surface area contributed by atoms with Crippen LogP contribution in [0.5, 0.6) is 5.75 Å². The van der Waals surface area contributed by atoms with Crippen LogP contribution >= 0.6 is 11.6 Å². The third-order valence-electron chi connectivity index (χ3n) is 3.78. The second kappa shape index (κ2) is 6.26. The molecule has 4 nitrogen and oxygen atoms in total. The first-order chi connectivity index (χ1) is 9.09. The second-order valence-electron chi connectivity index (χ2n) is 5.00. The Hall–Kier alpha value is -1.26. The number of phenols is 1. The highest BCUT2D eigenvalue weighted by Gasteiger charge is 2.32. The quantitative estimate of drug-likeness (QED) is 0.777. The first kappa shape index (κ1) is 14.2. The maximum Gasteiger partial charge on any atom is 0.306 e. The molecule has 0 radical (unpaired) electrons. The summed E-state index contributed by atoms with van der Waals surface area (Å²) in [6.07, 6.45) is 2.68. The highest BCUT2D eigenvalue weighted by Crippen LogP contribution is 2.31. The number of phenolic OH excluding ortho intramolecular Hbond substituents is 1. The van der Waals surface area contributed by atoms with Gasteiger partial charge in [0.25, 0.3) is 0 Å². The van der Waals surface area contributed by atoms with Gasteiger partial charge in [0.2, 0.25) is 0 Å². The number of carbonyl (C=O) groups is 1. The molecule has 0 spiro atoms. The van der Waals surface area contributed by atoms with E-state index in [1.165, 1.54) is 0 Å². The third-order valence-corrected chi connectivity index (χ3v) is 4.13. The number of benzene rings is 1. The number of hydrogen-bond donors (Lipinski definition) is 3. The molecule has 2 atom stereocenters. The molecule has 2 rings (SSSR count). The average molecular weight is 284 g/mol. The van der Waals surface area contributed by atoms with Crippen molar-refractivity contribution in [1.82, 2.24) is 5.32 Å². The van der Waals surface area contributed by atoms with Crippen molar-refractivity contribution in [3.63, 3.8) is 0 Å². The predicted octanol–water partition coefficient (Wildman–Crippen LogP) is 2.64. The monoisotopic (exact) mass is 283 g/mol. The highest BCUT2D eigenvalue weighted by molar-refractivity contribution is 6.31. The molecular formula is C14H18ClNO3. The topological polar surface area (TPSA) is 69.6 Å². The molecule has 1 aromatic carbocycles. The molecule has 0 aliphatic heterocycles. The van der Waals surface area contributed by atoms with Crippen LogP contribution in [0.3, 0.4) is 0 Å². The van der Waals surface area contributed by atoms with Gasteiger partial charge in [-0.25, -0.2) is 0 Å². The molecule has 1 aliphatic rings.